The highest BCUT2D eigenvalue weighted by molar-refractivity contribution is 5.91. The van der Waals surface area contributed by atoms with Gasteiger partial charge in [-0.15, -0.1) is 0 Å². The third-order valence-corrected chi connectivity index (χ3v) is 6.96. The molecule has 0 amide bonds. The molecule has 0 unspecified atom stereocenters. The number of phenolic OH excluding ortho intramolecular Hbond substituents is 1. The Labute approximate surface area is 209 Å². The molecule has 0 aromatic heterocycles. The summed E-state index contributed by atoms with van der Waals surface area (Å²) in [5.74, 6) is 1.20. The summed E-state index contributed by atoms with van der Waals surface area (Å²) in [5.41, 5.74) is 3.72. The lowest BCUT2D eigenvalue weighted by Crippen LogP contribution is -2.36. The van der Waals surface area contributed by atoms with E-state index >= 15 is 0 Å². The summed E-state index contributed by atoms with van der Waals surface area (Å²) in [5, 5.41) is 22.2. The summed E-state index contributed by atoms with van der Waals surface area (Å²) in [6.07, 6.45) is 4.54. The van der Waals surface area contributed by atoms with E-state index in [0.717, 1.165) is 63.1 Å². The molecule has 0 atom stereocenters. The van der Waals surface area contributed by atoms with Crippen molar-refractivity contribution in [2.75, 3.05) is 44.2 Å². The molecule has 2 N–H and O–H groups in total. The van der Waals surface area contributed by atoms with Crippen LogP contribution in [0.1, 0.15) is 50.7 Å². The molecule has 5 heteroatoms. The number of phenols is 1. The molecule has 0 bridgehead atoms. The number of anilines is 1. The second-order valence-corrected chi connectivity index (χ2v) is 9.70. The van der Waals surface area contributed by atoms with Crippen LogP contribution < -0.4 is 9.64 Å². The maximum absolute atomic E-state index is 10.00. The molecular weight excluding hydrogens is 436 g/mol. The highest BCUT2D eigenvalue weighted by atomic mass is 16.5. The molecule has 1 fully saturated rings. The van der Waals surface area contributed by atoms with Gasteiger partial charge in [-0.3, -0.25) is 4.90 Å². The molecule has 0 radical (unpaired) electrons. The lowest BCUT2D eigenvalue weighted by molar-refractivity contribution is 0.145. The van der Waals surface area contributed by atoms with Crippen LogP contribution in [0.5, 0.6) is 11.5 Å². The summed E-state index contributed by atoms with van der Waals surface area (Å²) in [6.45, 7) is 10.1. The number of rotatable bonds is 11. The maximum atomic E-state index is 10.00. The summed E-state index contributed by atoms with van der Waals surface area (Å²) in [4.78, 5) is 4.86. The summed E-state index contributed by atoms with van der Waals surface area (Å²) in [6, 6.07) is 18.4. The molecule has 5 nitrogen and oxygen atoms in total. The molecule has 1 aliphatic rings. The van der Waals surface area contributed by atoms with Crippen LogP contribution in [0, 0.1) is 0 Å². The second-order valence-electron chi connectivity index (χ2n) is 9.70. The largest absolute Gasteiger partial charge is 0.508 e. The van der Waals surface area contributed by atoms with E-state index in [9.17, 15) is 10.2 Å². The van der Waals surface area contributed by atoms with Crippen LogP contribution in [-0.2, 0) is 6.42 Å². The lowest BCUT2D eigenvalue weighted by Gasteiger charge is -2.33. The fourth-order valence-corrected chi connectivity index (χ4v) is 5.13. The van der Waals surface area contributed by atoms with Gasteiger partial charge in [-0.1, -0.05) is 38.1 Å². The van der Waals surface area contributed by atoms with E-state index in [2.05, 4.69) is 60.0 Å². The zero-order valence-corrected chi connectivity index (χ0v) is 21.2. The van der Waals surface area contributed by atoms with E-state index in [1.807, 2.05) is 12.1 Å². The van der Waals surface area contributed by atoms with Gasteiger partial charge in [0.15, 0.2) is 0 Å². The Morgan fingerprint density at radius 2 is 1.63 bits per heavy atom. The van der Waals surface area contributed by atoms with Crippen LogP contribution in [0.25, 0.3) is 10.8 Å². The van der Waals surface area contributed by atoms with E-state index in [-0.39, 0.29) is 11.9 Å². The van der Waals surface area contributed by atoms with Gasteiger partial charge in [0.25, 0.3) is 0 Å². The number of ether oxygens (including phenoxy) is 1. The Morgan fingerprint density at radius 3 is 2.31 bits per heavy atom. The van der Waals surface area contributed by atoms with Crippen molar-refractivity contribution >= 4 is 16.5 Å². The van der Waals surface area contributed by atoms with Gasteiger partial charge in [0.1, 0.15) is 18.1 Å². The zero-order valence-electron chi connectivity index (χ0n) is 21.2. The van der Waals surface area contributed by atoms with Crippen molar-refractivity contribution in [2.24, 2.45) is 0 Å². The first-order chi connectivity index (χ1) is 17.1. The molecule has 1 aliphatic heterocycles. The van der Waals surface area contributed by atoms with Gasteiger partial charge in [0, 0.05) is 31.7 Å². The molecule has 4 rings (SSSR count). The molecule has 1 saturated heterocycles. The van der Waals surface area contributed by atoms with Gasteiger partial charge in [-0.05, 0) is 91.0 Å². The van der Waals surface area contributed by atoms with E-state index < -0.39 is 0 Å². The Kier molecular flexibility index (Phi) is 8.89. The zero-order chi connectivity index (χ0) is 24.6. The van der Waals surface area contributed by atoms with Gasteiger partial charge in [0.2, 0.25) is 0 Å². The van der Waals surface area contributed by atoms with Gasteiger partial charge in [-0.25, -0.2) is 0 Å². The quantitative estimate of drug-likeness (QED) is 0.377. The Balaban J connectivity index is 1.49. The van der Waals surface area contributed by atoms with Crippen molar-refractivity contribution < 1.29 is 14.9 Å². The number of aliphatic hydroxyl groups is 1. The average molecular weight is 477 g/mol. The van der Waals surface area contributed by atoms with Gasteiger partial charge in [0.05, 0.1) is 6.10 Å². The average Bonchev–Trinajstić information content (AvgIpc) is 2.86. The van der Waals surface area contributed by atoms with Crippen LogP contribution in [0.4, 0.5) is 5.69 Å². The van der Waals surface area contributed by atoms with Crippen molar-refractivity contribution in [1.82, 2.24) is 4.90 Å². The van der Waals surface area contributed by atoms with Crippen molar-refractivity contribution in [3.63, 3.8) is 0 Å². The van der Waals surface area contributed by atoms with Crippen molar-refractivity contribution in [1.29, 1.82) is 0 Å². The number of nitrogens with zero attached hydrogens (tertiary/aromatic N) is 2. The Morgan fingerprint density at radius 1 is 0.914 bits per heavy atom. The minimum absolute atomic E-state index is 0.198. The topological polar surface area (TPSA) is 56.2 Å². The summed E-state index contributed by atoms with van der Waals surface area (Å²) in [7, 11) is 0. The number of aromatic hydroxyl groups is 1. The molecule has 188 valence electrons. The monoisotopic (exact) mass is 476 g/mol. The Hall–Kier alpha value is -2.76. The van der Waals surface area contributed by atoms with Crippen molar-refractivity contribution in [3.8, 4) is 11.5 Å². The SMILES string of the molecule is CCCN(CCC)CCOc1ccc(Cc2c(N3CCC(O)CC3)ccc3cc(O)ccc23)cc1. The number of benzene rings is 3. The molecule has 0 spiro atoms. The molecule has 0 aliphatic carbocycles. The molecule has 3 aromatic carbocycles. The third-order valence-electron chi connectivity index (χ3n) is 6.96. The van der Waals surface area contributed by atoms with Gasteiger partial charge >= 0.3 is 0 Å². The lowest BCUT2D eigenvalue weighted by atomic mass is 9.94. The fraction of sp³-hybridized carbons (Fsp3) is 0.467. The predicted octanol–water partition coefficient (Wildman–Crippen LogP) is 5.60. The van der Waals surface area contributed by atoms with E-state index in [1.54, 1.807) is 6.07 Å². The number of piperidine rings is 1. The smallest absolute Gasteiger partial charge is 0.119 e. The minimum Gasteiger partial charge on any atom is -0.508 e. The number of aliphatic hydroxyl groups excluding tert-OH is 1. The predicted molar refractivity (Wildman–Crippen MR) is 145 cm³/mol. The highest BCUT2D eigenvalue weighted by Crippen LogP contribution is 2.34. The van der Waals surface area contributed by atoms with Crippen LogP contribution in [0.15, 0.2) is 54.6 Å². The number of hydrogen-bond donors (Lipinski definition) is 2. The van der Waals surface area contributed by atoms with Crippen molar-refractivity contribution in [3.05, 3.63) is 65.7 Å². The maximum Gasteiger partial charge on any atom is 0.119 e. The molecule has 3 aromatic rings. The van der Waals surface area contributed by atoms with Crippen LogP contribution in [0.2, 0.25) is 0 Å². The van der Waals surface area contributed by atoms with Crippen molar-refractivity contribution in [2.45, 2.75) is 52.1 Å². The standard InChI is InChI=1S/C30H40N2O3/c1-3-15-31(16-4-2)19-20-35-27-9-5-23(6-10-27)21-29-28-11-8-26(34)22-24(28)7-12-30(29)32-17-13-25(33)14-18-32/h5-12,22,25,33-34H,3-4,13-21H2,1-2H3. The first kappa shape index (κ1) is 25.3. The van der Waals surface area contributed by atoms with E-state index in [0.29, 0.717) is 6.61 Å². The Bertz CT molecular complexity index is 1070. The van der Waals surface area contributed by atoms with Crippen LogP contribution in [0.3, 0.4) is 0 Å². The number of fused-ring (bicyclic) bond motifs is 1. The van der Waals surface area contributed by atoms with E-state index in [1.165, 1.54) is 35.0 Å². The molecule has 0 saturated carbocycles. The van der Waals surface area contributed by atoms with E-state index in [4.69, 9.17) is 4.74 Å². The van der Waals surface area contributed by atoms with Crippen LogP contribution in [-0.4, -0.2) is 60.5 Å². The first-order valence-electron chi connectivity index (χ1n) is 13.2. The minimum atomic E-state index is -0.198. The van der Waals surface area contributed by atoms with Gasteiger partial charge < -0.3 is 19.8 Å². The fourth-order valence-electron chi connectivity index (χ4n) is 5.13. The molecular formula is C30H40N2O3. The van der Waals surface area contributed by atoms with Crippen LogP contribution >= 0.6 is 0 Å². The molecule has 1 heterocycles. The second kappa shape index (κ2) is 12.3. The summed E-state index contributed by atoms with van der Waals surface area (Å²) < 4.78 is 6.05. The van der Waals surface area contributed by atoms with Gasteiger partial charge in [-0.2, -0.15) is 0 Å². The highest BCUT2D eigenvalue weighted by Gasteiger charge is 2.21. The first-order valence-corrected chi connectivity index (χ1v) is 13.2. The molecule has 35 heavy (non-hydrogen) atoms. The summed E-state index contributed by atoms with van der Waals surface area (Å²) >= 11 is 0. The number of hydrogen-bond acceptors (Lipinski definition) is 5. The third kappa shape index (κ3) is 6.68. The normalized spacial score (nSPS) is 14.7.